The SMILES string of the molecule is O=C(O)c1ccccc1[C@@H]1Nc2c(ccc3ccccc23)[C@@H]2C=CC[C@@H]21. The smallest absolute Gasteiger partial charge is 0.336 e. The third-order valence-corrected chi connectivity index (χ3v) is 5.79. The lowest BCUT2D eigenvalue weighted by molar-refractivity contribution is 0.0694. The fraction of sp³-hybridized carbons (Fsp3) is 0.174. The molecule has 0 unspecified atom stereocenters. The molecule has 0 saturated heterocycles. The predicted octanol–water partition coefficient (Wildman–Crippen LogP) is 5.36. The van der Waals surface area contributed by atoms with Gasteiger partial charge in [0.2, 0.25) is 0 Å². The summed E-state index contributed by atoms with van der Waals surface area (Å²) in [7, 11) is 0. The molecule has 1 heterocycles. The molecule has 5 rings (SSSR count). The average molecular weight is 341 g/mol. The van der Waals surface area contributed by atoms with E-state index in [-0.39, 0.29) is 6.04 Å². The van der Waals surface area contributed by atoms with Gasteiger partial charge in [0.15, 0.2) is 0 Å². The maximum atomic E-state index is 11.8. The van der Waals surface area contributed by atoms with E-state index >= 15 is 0 Å². The van der Waals surface area contributed by atoms with Crippen molar-refractivity contribution < 1.29 is 9.90 Å². The molecule has 2 N–H and O–H groups in total. The van der Waals surface area contributed by atoms with E-state index in [0.29, 0.717) is 17.4 Å². The Kier molecular flexibility index (Phi) is 3.35. The Morgan fingerprint density at radius 2 is 1.77 bits per heavy atom. The lowest BCUT2D eigenvalue weighted by atomic mass is 9.75. The van der Waals surface area contributed by atoms with E-state index in [9.17, 15) is 9.90 Å². The van der Waals surface area contributed by atoms with Gasteiger partial charge < -0.3 is 10.4 Å². The maximum Gasteiger partial charge on any atom is 0.336 e. The molecule has 2 aliphatic rings. The van der Waals surface area contributed by atoms with E-state index in [4.69, 9.17) is 0 Å². The summed E-state index contributed by atoms with van der Waals surface area (Å²) in [4.78, 5) is 11.8. The normalized spacial score (nSPS) is 23.3. The molecule has 26 heavy (non-hydrogen) atoms. The molecule has 0 spiro atoms. The molecular formula is C23H19NO2. The van der Waals surface area contributed by atoms with Gasteiger partial charge in [-0.3, -0.25) is 0 Å². The second kappa shape index (κ2) is 5.73. The monoisotopic (exact) mass is 341 g/mol. The highest BCUT2D eigenvalue weighted by Gasteiger charge is 2.39. The second-order valence-electron chi connectivity index (χ2n) is 7.12. The first-order valence-corrected chi connectivity index (χ1v) is 9.01. The third kappa shape index (κ3) is 2.17. The molecule has 0 amide bonds. The highest BCUT2D eigenvalue weighted by Crippen LogP contribution is 2.51. The lowest BCUT2D eigenvalue weighted by Gasteiger charge is -2.38. The summed E-state index contributed by atoms with van der Waals surface area (Å²) in [5.41, 5.74) is 3.71. The summed E-state index contributed by atoms with van der Waals surface area (Å²) in [5.74, 6) is -0.208. The minimum Gasteiger partial charge on any atom is -0.478 e. The summed E-state index contributed by atoms with van der Waals surface area (Å²) in [6.45, 7) is 0. The van der Waals surface area contributed by atoms with Crippen LogP contribution in [0.2, 0.25) is 0 Å². The van der Waals surface area contributed by atoms with Crippen molar-refractivity contribution >= 4 is 22.4 Å². The number of carbonyl (C=O) groups is 1. The molecule has 3 atom stereocenters. The number of allylic oxidation sites excluding steroid dienone is 2. The predicted molar refractivity (Wildman–Crippen MR) is 104 cm³/mol. The second-order valence-corrected chi connectivity index (χ2v) is 7.12. The number of carboxylic acids is 1. The number of rotatable bonds is 2. The third-order valence-electron chi connectivity index (χ3n) is 5.79. The Balaban J connectivity index is 1.72. The van der Waals surface area contributed by atoms with E-state index in [0.717, 1.165) is 17.7 Å². The molecule has 128 valence electrons. The van der Waals surface area contributed by atoms with Crippen molar-refractivity contribution in [2.75, 3.05) is 5.32 Å². The quantitative estimate of drug-likeness (QED) is 0.617. The summed E-state index contributed by atoms with van der Waals surface area (Å²) < 4.78 is 0. The van der Waals surface area contributed by atoms with Gasteiger partial charge in [0.1, 0.15) is 0 Å². The molecule has 0 aromatic heterocycles. The molecule has 3 heteroatoms. The largest absolute Gasteiger partial charge is 0.478 e. The summed E-state index contributed by atoms with van der Waals surface area (Å²) in [6, 6.07) is 20.1. The number of hydrogen-bond donors (Lipinski definition) is 2. The van der Waals surface area contributed by atoms with Crippen LogP contribution in [0.5, 0.6) is 0 Å². The Morgan fingerprint density at radius 1 is 0.962 bits per heavy atom. The van der Waals surface area contributed by atoms with Crippen LogP contribution < -0.4 is 5.32 Å². The molecular weight excluding hydrogens is 322 g/mol. The molecule has 3 nitrogen and oxygen atoms in total. The summed E-state index contributed by atoms with van der Waals surface area (Å²) in [5, 5.41) is 15.8. The number of carboxylic acid groups (broad SMARTS) is 1. The molecule has 1 aliphatic carbocycles. The lowest BCUT2D eigenvalue weighted by Crippen LogP contribution is -2.30. The maximum absolute atomic E-state index is 11.8. The van der Waals surface area contributed by atoms with Crippen LogP contribution in [0.15, 0.2) is 72.8 Å². The Morgan fingerprint density at radius 3 is 2.65 bits per heavy atom. The van der Waals surface area contributed by atoms with Gasteiger partial charge in [-0.05, 0) is 34.9 Å². The minimum atomic E-state index is -0.867. The van der Waals surface area contributed by atoms with Gasteiger partial charge in [0, 0.05) is 17.0 Å². The van der Waals surface area contributed by atoms with Crippen molar-refractivity contribution in [3.05, 3.63) is 89.5 Å². The van der Waals surface area contributed by atoms with Crippen LogP contribution in [0.4, 0.5) is 5.69 Å². The van der Waals surface area contributed by atoms with Gasteiger partial charge in [-0.15, -0.1) is 0 Å². The Bertz CT molecular complexity index is 1050. The van der Waals surface area contributed by atoms with E-state index in [1.54, 1.807) is 12.1 Å². The van der Waals surface area contributed by atoms with E-state index < -0.39 is 5.97 Å². The van der Waals surface area contributed by atoms with E-state index in [2.05, 4.69) is 47.8 Å². The number of benzene rings is 3. The van der Waals surface area contributed by atoms with Crippen LogP contribution in [0.3, 0.4) is 0 Å². The molecule has 0 fully saturated rings. The zero-order valence-electron chi connectivity index (χ0n) is 14.2. The Labute approximate surface area is 152 Å². The van der Waals surface area contributed by atoms with Crippen molar-refractivity contribution in [1.29, 1.82) is 0 Å². The van der Waals surface area contributed by atoms with Gasteiger partial charge in [-0.2, -0.15) is 0 Å². The van der Waals surface area contributed by atoms with Crippen molar-refractivity contribution in [3.63, 3.8) is 0 Å². The number of aromatic carboxylic acids is 1. The summed E-state index contributed by atoms with van der Waals surface area (Å²) in [6.07, 6.45) is 5.48. The van der Waals surface area contributed by atoms with Crippen LogP contribution in [0.25, 0.3) is 10.8 Å². The van der Waals surface area contributed by atoms with Gasteiger partial charge in [-0.25, -0.2) is 4.79 Å². The highest BCUT2D eigenvalue weighted by molar-refractivity contribution is 5.97. The molecule has 1 aliphatic heterocycles. The zero-order chi connectivity index (χ0) is 17.7. The van der Waals surface area contributed by atoms with Crippen molar-refractivity contribution in [3.8, 4) is 0 Å². The van der Waals surface area contributed by atoms with Crippen LogP contribution in [-0.4, -0.2) is 11.1 Å². The van der Waals surface area contributed by atoms with Crippen LogP contribution in [0, 0.1) is 5.92 Å². The zero-order valence-corrected chi connectivity index (χ0v) is 14.2. The van der Waals surface area contributed by atoms with Gasteiger partial charge >= 0.3 is 5.97 Å². The topological polar surface area (TPSA) is 49.3 Å². The number of fused-ring (bicyclic) bond motifs is 5. The van der Waals surface area contributed by atoms with Crippen LogP contribution >= 0.6 is 0 Å². The Hall–Kier alpha value is -3.07. The number of hydrogen-bond acceptors (Lipinski definition) is 2. The number of nitrogens with one attached hydrogen (secondary N) is 1. The standard InChI is InChI=1S/C23H19NO2/c25-23(26)20-9-4-3-8-18(20)22-17-11-5-10-16(17)19-13-12-14-6-1-2-7-15(14)21(19)24-22/h1-10,12-13,16-17,22,24H,11H2,(H,25,26)/t16-,17+,22-/m1/s1. The van der Waals surface area contributed by atoms with Gasteiger partial charge in [0.05, 0.1) is 11.6 Å². The highest BCUT2D eigenvalue weighted by atomic mass is 16.4. The van der Waals surface area contributed by atoms with Crippen molar-refractivity contribution in [2.45, 2.75) is 18.4 Å². The van der Waals surface area contributed by atoms with Crippen LogP contribution in [-0.2, 0) is 0 Å². The van der Waals surface area contributed by atoms with Gasteiger partial charge in [-0.1, -0.05) is 66.7 Å². The van der Waals surface area contributed by atoms with Gasteiger partial charge in [0.25, 0.3) is 0 Å². The molecule has 0 radical (unpaired) electrons. The first-order chi connectivity index (χ1) is 12.7. The first kappa shape index (κ1) is 15.2. The fourth-order valence-corrected chi connectivity index (χ4v) is 4.61. The molecule has 0 bridgehead atoms. The van der Waals surface area contributed by atoms with Crippen LogP contribution in [0.1, 0.15) is 39.9 Å². The summed E-state index contributed by atoms with van der Waals surface area (Å²) >= 11 is 0. The molecule has 0 saturated carbocycles. The molecule has 3 aromatic carbocycles. The van der Waals surface area contributed by atoms with Crippen molar-refractivity contribution in [2.24, 2.45) is 5.92 Å². The van der Waals surface area contributed by atoms with Crippen molar-refractivity contribution in [1.82, 2.24) is 0 Å². The minimum absolute atomic E-state index is 0.0133. The first-order valence-electron chi connectivity index (χ1n) is 9.01. The van der Waals surface area contributed by atoms with E-state index in [1.807, 2.05) is 18.2 Å². The average Bonchev–Trinajstić information content (AvgIpc) is 3.17. The fourth-order valence-electron chi connectivity index (χ4n) is 4.61. The number of anilines is 1. The van der Waals surface area contributed by atoms with E-state index in [1.165, 1.54) is 16.3 Å². The molecule has 3 aromatic rings.